The number of piperidine rings is 1. The number of likely N-dealkylation sites (tertiary alicyclic amines) is 1. The molecule has 1 aliphatic heterocycles. The van der Waals surface area contributed by atoms with Gasteiger partial charge in [0.1, 0.15) is 11.5 Å². The Hall–Kier alpha value is -3.16. The number of hydrogen-bond acceptors (Lipinski definition) is 7. The van der Waals surface area contributed by atoms with Crippen molar-refractivity contribution in [2.45, 2.75) is 39.0 Å². The zero-order valence-corrected chi connectivity index (χ0v) is 16.8. The molecule has 1 aliphatic rings. The zero-order valence-electron chi connectivity index (χ0n) is 16.8. The minimum Gasteiger partial charge on any atom is -0.496 e. The van der Waals surface area contributed by atoms with Gasteiger partial charge in [0.2, 0.25) is 23.6 Å². The summed E-state index contributed by atoms with van der Waals surface area (Å²) in [7, 11) is 1.61. The number of amides is 1. The minimum absolute atomic E-state index is 0.0492. The lowest BCUT2D eigenvalue weighted by atomic mass is 9.96. The number of benzene rings is 1. The SMILES string of the molecule is COc1ccccc1-c1nc(CC(=O)N2CCC(c3nnc(C)o3)CC2)c(C)o1. The maximum atomic E-state index is 12.8. The molecule has 1 amide bonds. The molecule has 0 radical (unpaired) electrons. The van der Waals surface area contributed by atoms with Gasteiger partial charge in [-0.05, 0) is 31.9 Å². The van der Waals surface area contributed by atoms with E-state index in [1.165, 1.54) is 0 Å². The van der Waals surface area contributed by atoms with Crippen molar-refractivity contribution in [2.24, 2.45) is 0 Å². The van der Waals surface area contributed by atoms with E-state index in [0.717, 1.165) is 18.4 Å². The van der Waals surface area contributed by atoms with Crippen LogP contribution in [0.3, 0.4) is 0 Å². The van der Waals surface area contributed by atoms with E-state index in [0.29, 0.717) is 48.0 Å². The monoisotopic (exact) mass is 396 g/mol. The summed E-state index contributed by atoms with van der Waals surface area (Å²) >= 11 is 0. The summed E-state index contributed by atoms with van der Waals surface area (Å²) < 4.78 is 16.7. The third-order valence-corrected chi connectivity index (χ3v) is 5.29. The standard InChI is InChI=1S/C21H24N4O4/c1-13-17(22-21(28-13)16-6-4-5-7-18(16)27-3)12-19(26)25-10-8-15(9-11-25)20-24-23-14(2)29-20/h4-7,15H,8-12H2,1-3H3. The fraction of sp³-hybridized carbons (Fsp3) is 0.429. The number of carbonyl (C=O) groups is 1. The first-order valence-corrected chi connectivity index (χ1v) is 9.72. The Morgan fingerprint density at radius 3 is 2.62 bits per heavy atom. The molecular formula is C21H24N4O4. The van der Waals surface area contributed by atoms with Crippen molar-refractivity contribution in [2.75, 3.05) is 20.2 Å². The van der Waals surface area contributed by atoms with Crippen LogP contribution in [0.2, 0.25) is 0 Å². The maximum absolute atomic E-state index is 12.8. The predicted octanol–water partition coefficient (Wildman–Crippen LogP) is 3.30. The summed E-state index contributed by atoms with van der Waals surface area (Å²) in [5, 5.41) is 8.01. The molecule has 0 unspecified atom stereocenters. The molecule has 3 aromatic rings. The van der Waals surface area contributed by atoms with E-state index in [1.807, 2.05) is 36.1 Å². The third-order valence-electron chi connectivity index (χ3n) is 5.29. The Morgan fingerprint density at radius 1 is 1.17 bits per heavy atom. The van der Waals surface area contributed by atoms with E-state index in [1.54, 1.807) is 14.0 Å². The van der Waals surface area contributed by atoms with Crippen LogP contribution < -0.4 is 4.74 Å². The van der Waals surface area contributed by atoms with Crippen LogP contribution in [-0.2, 0) is 11.2 Å². The van der Waals surface area contributed by atoms with Crippen molar-refractivity contribution in [3.63, 3.8) is 0 Å². The summed E-state index contributed by atoms with van der Waals surface area (Å²) in [6, 6.07) is 7.54. The van der Waals surface area contributed by atoms with Crippen LogP contribution in [0.1, 0.15) is 42.0 Å². The van der Waals surface area contributed by atoms with Gasteiger partial charge < -0.3 is 18.5 Å². The number of aromatic nitrogens is 3. The Bertz CT molecular complexity index is 1000. The maximum Gasteiger partial charge on any atom is 0.230 e. The van der Waals surface area contributed by atoms with Crippen molar-refractivity contribution < 1.29 is 18.4 Å². The molecule has 4 rings (SSSR count). The van der Waals surface area contributed by atoms with E-state index in [2.05, 4.69) is 15.2 Å². The van der Waals surface area contributed by atoms with Gasteiger partial charge in [-0.15, -0.1) is 10.2 Å². The smallest absolute Gasteiger partial charge is 0.230 e. The molecule has 8 heteroatoms. The summed E-state index contributed by atoms with van der Waals surface area (Å²) in [6.45, 7) is 4.95. The fourth-order valence-electron chi connectivity index (χ4n) is 3.64. The highest BCUT2D eigenvalue weighted by molar-refractivity contribution is 5.79. The van der Waals surface area contributed by atoms with Crippen molar-refractivity contribution in [3.05, 3.63) is 47.5 Å². The molecule has 1 saturated heterocycles. The number of carbonyl (C=O) groups excluding carboxylic acids is 1. The Labute approximate surface area is 168 Å². The molecule has 0 bridgehead atoms. The van der Waals surface area contributed by atoms with Gasteiger partial charge in [-0.2, -0.15) is 0 Å². The normalized spacial score (nSPS) is 14.9. The molecule has 29 heavy (non-hydrogen) atoms. The number of para-hydroxylation sites is 1. The van der Waals surface area contributed by atoms with Crippen LogP contribution in [0, 0.1) is 13.8 Å². The van der Waals surface area contributed by atoms with Crippen molar-refractivity contribution in [1.82, 2.24) is 20.1 Å². The summed E-state index contributed by atoms with van der Waals surface area (Å²) in [5.41, 5.74) is 1.43. The molecule has 2 aromatic heterocycles. The second kappa shape index (κ2) is 8.06. The van der Waals surface area contributed by atoms with Gasteiger partial charge in [-0.3, -0.25) is 4.79 Å². The van der Waals surface area contributed by atoms with Crippen molar-refractivity contribution in [3.8, 4) is 17.2 Å². The van der Waals surface area contributed by atoms with Crippen LogP contribution in [0.25, 0.3) is 11.5 Å². The number of ether oxygens (including phenoxy) is 1. The highest BCUT2D eigenvalue weighted by Gasteiger charge is 2.28. The first-order chi connectivity index (χ1) is 14.0. The second-order valence-corrected chi connectivity index (χ2v) is 7.21. The molecule has 0 aliphatic carbocycles. The molecule has 0 spiro atoms. The van der Waals surface area contributed by atoms with Crippen LogP contribution in [0.5, 0.6) is 5.75 Å². The van der Waals surface area contributed by atoms with Crippen molar-refractivity contribution in [1.29, 1.82) is 0 Å². The number of oxazole rings is 1. The largest absolute Gasteiger partial charge is 0.496 e. The van der Waals surface area contributed by atoms with Crippen molar-refractivity contribution >= 4 is 5.91 Å². The summed E-state index contributed by atoms with van der Waals surface area (Å²) in [5.74, 6) is 3.31. The Morgan fingerprint density at radius 2 is 1.93 bits per heavy atom. The fourth-order valence-corrected chi connectivity index (χ4v) is 3.64. The van der Waals surface area contributed by atoms with E-state index < -0.39 is 0 Å². The zero-order chi connectivity index (χ0) is 20.4. The number of aryl methyl sites for hydroxylation is 2. The first kappa shape index (κ1) is 19.2. The van der Waals surface area contributed by atoms with Crippen LogP contribution in [0.4, 0.5) is 0 Å². The Kier molecular flexibility index (Phi) is 5.33. The molecule has 0 atom stereocenters. The average molecular weight is 396 g/mol. The van der Waals surface area contributed by atoms with Gasteiger partial charge in [0, 0.05) is 25.9 Å². The molecule has 0 N–H and O–H groups in total. The lowest BCUT2D eigenvalue weighted by Crippen LogP contribution is -2.39. The van der Waals surface area contributed by atoms with Gasteiger partial charge in [0.05, 0.1) is 24.8 Å². The lowest BCUT2D eigenvalue weighted by molar-refractivity contribution is -0.131. The molecule has 3 heterocycles. The van der Waals surface area contributed by atoms with Gasteiger partial charge in [0.25, 0.3) is 0 Å². The lowest BCUT2D eigenvalue weighted by Gasteiger charge is -2.30. The van der Waals surface area contributed by atoms with Crippen LogP contribution >= 0.6 is 0 Å². The predicted molar refractivity (Wildman–Crippen MR) is 105 cm³/mol. The molecule has 8 nitrogen and oxygen atoms in total. The number of hydrogen-bond donors (Lipinski definition) is 0. The third kappa shape index (κ3) is 4.01. The summed E-state index contributed by atoms with van der Waals surface area (Å²) in [6.07, 6.45) is 1.85. The molecule has 1 fully saturated rings. The highest BCUT2D eigenvalue weighted by Crippen LogP contribution is 2.31. The minimum atomic E-state index is 0.0492. The average Bonchev–Trinajstić information content (AvgIpc) is 3.34. The van der Waals surface area contributed by atoms with Gasteiger partial charge in [0.15, 0.2) is 0 Å². The van der Waals surface area contributed by atoms with E-state index in [-0.39, 0.29) is 18.2 Å². The van der Waals surface area contributed by atoms with Gasteiger partial charge in [-0.25, -0.2) is 4.98 Å². The number of nitrogens with zero attached hydrogens (tertiary/aromatic N) is 4. The van der Waals surface area contributed by atoms with Crippen LogP contribution in [0.15, 0.2) is 33.1 Å². The first-order valence-electron chi connectivity index (χ1n) is 9.72. The van der Waals surface area contributed by atoms with E-state index >= 15 is 0 Å². The molecule has 0 saturated carbocycles. The van der Waals surface area contributed by atoms with E-state index in [9.17, 15) is 4.79 Å². The topological polar surface area (TPSA) is 94.5 Å². The number of methoxy groups -OCH3 is 1. The molecule has 152 valence electrons. The quantitative estimate of drug-likeness (QED) is 0.653. The molecule has 1 aromatic carbocycles. The van der Waals surface area contributed by atoms with Crippen LogP contribution in [-0.4, -0.2) is 46.2 Å². The van der Waals surface area contributed by atoms with Gasteiger partial charge in [-0.1, -0.05) is 12.1 Å². The highest BCUT2D eigenvalue weighted by atomic mass is 16.5. The van der Waals surface area contributed by atoms with Gasteiger partial charge >= 0.3 is 0 Å². The summed E-state index contributed by atoms with van der Waals surface area (Å²) in [4.78, 5) is 19.2. The molecular weight excluding hydrogens is 372 g/mol. The van der Waals surface area contributed by atoms with E-state index in [4.69, 9.17) is 13.6 Å². The Balaban J connectivity index is 1.41. The number of rotatable bonds is 5. The second-order valence-electron chi connectivity index (χ2n) is 7.21.